The predicted molar refractivity (Wildman–Crippen MR) is 136 cm³/mol. The quantitative estimate of drug-likeness (QED) is 0.175. The first kappa shape index (κ1) is 37.1. The number of ether oxygens (including phenoxy) is 2. The van der Waals surface area contributed by atoms with Gasteiger partial charge in [-0.25, -0.2) is 3.63 Å². The van der Waals surface area contributed by atoms with E-state index in [1.165, 1.54) is 32.4 Å². The summed E-state index contributed by atoms with van der Waals surface area (Å²) in [6.07, 6.45) is -7.67. The molecule has 3 aromatic carbocycles. The summed E-state index contributed by atoms with van der Waals surface area (Å²) in [6.45, 7) is 0. The Bertz CT molecular complexity index is 1570. The summed E-state index contributed by atoms with van der Waals surface area (Å²) in [7, 11) is -9.76. The summed E-state index contributed by atoms with van der Waals surface area (Å²) < 4.78 is 221. The summed E-state index contributed by atoms with van der Waals surface area (Å²) >= 11 is 0. The Labute approximate surface area is 253 Å². The maximum Gasteiger partial charge on any atom is 0.460 e. The van der Waals surface area contributed by atoms with Crippen molar-refractivity contribution in [3.63, 3.8) is 0 Å². The molecule has 0 aliphatic heterocycles. The molecule has 0 aliphatic carbocycles. The highest BCUT2D eigenvalue weighted by atomic mass is 32.3. The zero-order valence-electron chi connectivity index (χ0n) is 22.8. The van der Waals surface area contributed by atoms with Gasteiger partial charge in [0.15, 0.2) is 0 Å². The lowest BCUT2D eigenvalue weighted by Crippen LogP contribution is -2.71. The lowest BCUT2D eigenvalue weighted by atomic mass is 9.98. The van der Waals surface area contributed by atoms with Crippen molar-refractivity contribution in [3.05, 3.63) is 78.9 Å². The fourth-order valence-electron chi connectivity index (χ4n) is 3.76. The maximum atomic E-state index is 15.2. The number of halogens is 13. The molecule has 3 rings (SSSR count). The molecule has 0 heterocycles. The van der Waals surface area contributed by atoms with Crippen LogP contribution in [0.3, 0.4) is 0 Å². The number of hydrogen-bond acceptors (Lipinski definition) is 5. The molecule has 5 nitrogen and oxygen atoms in total. The number of methoxy groups -OCH3 is 2. The fourth-order valence-corrected chi connectivity index (χ4v) is 8.96. The van der Waals surface area contributed by atoms with E-state index in [2.05, 4.69) is 0 Å². The van der Waals surface area contributed by atoms with Crippen LogP contribution >= 0.6 is 10.3 Å². The zero-order valence-corrected chi connectivity index (χ0v) is 24.4. The molecule has 0 aromatic heterocycles. The Morgan fingerprint density at radius 3 is 1.17 bits per heavy atom. The summed E-state index contributed by atoms with van der Waals surface area (Å²) in [6, 6.07) is 14.1. The van der Waals surface area contributed by atoms with Gasteiger partial charge in [-0.2, -0.15) is 65.5 Å². The maximum absolute atomic E-state index is 15.2. The van der Waals surface area contributed by atoms with Crippen molar-refractivity contribution in [2.45, 2.75) is 49.8 Å². The van der Waals surface area contributed by atoms with E-state index >= 15 is 8.78 Å². The van der Waals surface area contributed by atoms with Crippen molar-refractivity contribution in [1.29, 1.82) is 0 Å². The minimum atomic E-state index is -8.36. The highest BCUT2D eigenvalue weighted by Crippen LogP contribution is 2.72. The molecule has 0 N–H and O–H groups in total. The Kier molecular flexibility index (Phi) is 9.67. The molecule has 3 aromatic rings. The van der Waals surface area contributed by atoms with Crippen LogP contribution in [-0.2, 0) is 13.7 Å². The predicted octanol–water partition coefficient (Wildman–Crippen LogP) is 8.94. The van der Waals surface area contributed by atoms with Crippen LogP contribution in [0.25, 0.3) is 0 Å². The molecule has 0 aliphatic rings. The standard InChI is InChI=1S/C26H19F13O5S2/c1-42-16-8-12-19(13-9-16)45(18-6-4-3-5-7-18,20-14-10-17(43-2)11-15-20)44-46(40,41)26(38,39)24(33,34)22(29,30)21(27,28)23(31,32)25(35,36)37/h3-15H,1-2H3. The lowest BCUT2D eigenvalue weighted by molar-refractivity contribution is -0.433. The van der Waals surface area contributed by atoms with Crippen molar-refractivity contribution in [3.8, 4) is 11.5 Å². The molecule has 0 atom stereocenters. The number of alkyl halides is 13. The van der Waals surface area contributed by atoms with Gasteiger partial charge < -0.3 is 9.47 Å². The minimum absolute atomic E-state index is 0.0621. The van der Waals surface area contributed by atoms with Crippen LogP contribution in [-0.4, -0.2) is 57.8 Å². The van der Waals surface area contributed by atoms with E-state index in [9.17, 15) is 56.7 Å². The topological polar surface area (TPSA) is 61.8 Å². The lowest BCUT2D eigenvalue weighted by Gasteiger charge is -2.42. The molecule has 0 bridgehead atoms. The molecule has 46 heavy (non-hydrogen) atoms. The molecule has 0 saturated carbocycles. The molecular weight excluding hydrogens is 703 g/mol. The first-order chi connectivity index (χ1) is 20.9. The molecule has 0 amide bonds. The smallest absolute Gasteiger partial charge is 0.460 e. The van der Waals surface area contributed by atoms with Crippen LogP contribution < -0.4 is 9.47 Å². The Hall–Kier alpha value is -3.39. The summed E-state index contributed by atoms with van der Waals surface area (Å²) in [5, 5.41) is -7.58. The third-order valence-electron chi connectivity index (χ3n) is 6.27. The molecule has 0 saturated heterocycles. The molecule has 256 valence electrons. The molecule has 0 spiro atoms. The average Bonchev–Trinajstić information content (AvgIpc) is 2.99. The second-order valence-electron chi connectivity index (χ2n) is 9.05. The normalized spacial score (nSPS) is 14.6. The van der Waals surface area contributed by atoms with Crippen molar-refractivity contribution < 1.29 is 78.6 Å². The van der Waals surface area contributed by atoms with Gasteiger partial charge in [-0.3, -0.25) is 0 Å². The van der Waals surface area contributed by atoms with Gasteiger partial charge in [0, 0.05) is 14.7 Å². The Morgan fingerprint density at radius 1 is 0.478 bits per heavy atom. The van der Waals surface area contributed by atoms with E-state index in [0.29, 0.717) is 0 Å². The van der Waals surface area contributed by atoms with E-state index in [-0.39, 0.29) is 11.5 Å². The van der Waals surface area contributed by atoms with Gasteiger partial charge >= 0.3 is 45.2 Å². The van der Waals surface area contributed by atoms with E-state index in [0.717, 1.165) is 60.7 Å². The summed E-state index contributed by atoms with van der Waals surface area (Å²) in [4.78, 5) is -1.28. The number of rotatable bonds is 12. The molecule has 20 heteroatoms. The van der Waals surface area contributed by atoms with Gasteiger partial charge in [-0.1, -0.05) is 18.2 Å². The average molecular weight is 723 g/mol. The van der Waals surface area contributed by atoms with Crippen molar-refractivity contribution in [2.75, 3.05) is 14.2 Å². The fraction of sp³-hybridized carbons (Fsp3) is 0.308. The minimum Gasteiger partial charge on any atom is -0.497 e. The second kappa shape index (κ2) is 12.0. The second-order valence-corrected chi connectivity index (χ2v) is 13.5. The van der Waals surface area contributed by atoms with Crippen LogP contribution in [0.5, 0.6) is 11.5 Å². The first-order valence-electron chi connectivity index (χ1n) is 12.0. The highest BCUT2D eigenvalue weighted by molar-refractivity contribution is 8.33. The van der Waals surface area contributed by atoms with Crippen LogP contribution in [0, 0.1) is 0 Å². The molecule has 0 fully saturated rings. The van der Waals surface area contributed by atoms with E-state index in [1.54, 1.807) is 0 Å². The van der Waals surface area contributed by atoms with Gasteiger partial charge in [-0.15, -0.1) is 0 Å². The van der Waals surface area contributed by atoms with Gasteiger partial charge in [0.2, 0.25) is 0 Å². The third-order valence-corrected chi connectivity index (χ3v) is 11.5. The number of hydrogen-bond donors (Lipinski definition) is 0. The zero-order chi connectivity index (χ0) is 35.2. The van der Waals surface area contributed by atoms with Crippen molar-refractivity contribution in [2.24, 2.45) is 0 Å². The van der Waals surface area contributed by atoms with E-state index in [1.807, 2.05) is 0 Å². The largest absolute Gasteiger partial charge is 0.497 e. The first-order valence-corrected chi connectivity index (χ1v) is 14.9. The van der Waals surface area contributed by atoms with Gasteiger partial charge in [-0.05, 0) is 71.0 Å². The number of benzene rings is 3. The molecule has 0 unspecified atom stereocenters. The Morgan fingerprint density at radius 2 is 0.826 bits per heavy atom. The highest BCUT2D eigenvalue weighted by Gasteiger charge is 2.93. The van der Waals surface area contributed by atoms with E-state index < -0.39 is 70.2 Å². The van der Waals surface area contributed by atoms with Crippen molar-refractivity contribution >= 4 is 20.4 Å². The molecule has 0 radical (unpaired) electrons. The van der Waals surface area contributed by atoms with E-state index in [4.69, 9.17) is 13.1 Å². The van der Waals surface area contributed by atoms with Gasteiger partial charge in [0.25, 0.3) is 0 Å². The third kappa shape index (κ3) is 5.61. The van der Waals surface area contributed by atoms with Gasteiger partial charge in [0.05, 0.1) is 14.2 Å². The van der Waals surface area contributed by atoms with Crippen molar-refractivity contribution in [1.82, 2.24) is 0 Å². The monoisotopic (exact) mass is 722 g/mol. The van der Waals surface area contributed by atoms with Crippen LogP contribution in [0.4, 0.5) is 57.1 Å². The SMILES string of the molecule is COc1ccc(S(OS(=O)(=O)C(F)(F)C(F)(F)C(F)(F)C(F)(F)C(F)(F)C(F)(F)F)(c2ccccc2)c2ccc(OC)cc2)cc1. The van der Waals surface area contributed by atoms with Crippen LogP contribution in [0.15, 0.2) is 93.5 Å². The van der Waals surface area contributed by atoms with Crippen LogP contribution in [0.1, 0.15) is 0 Å². The molecular formula is C26H19F13O5S2. The summed E-state index contributed by atoms with van der Waals surface area (Å²) in [5.41, 5.74) is 0. The van der Waals surface area contributed by atoms with Crippen LogP contribution in [0.2, 0.25) is 0 Å². The Balaban J connectivity index is 2.36. The summed E-state index contributed by atoms with van der Waals surface area (Å²) in [5.74, 6) is -32.7. The van der Waals surface area contributed by atoms with Gasteiger partial charge in [0.1, 0.15) is 11.5 Å².